The lowest BCUT2D eigenvalue weighted by molar-refractivity contribution is -0.116. The van der Waals surface area contributed by atoms with E-state index in [0.29, 0.717) is 24.5 Å². The number of benzene rings is 3. The number of aryl methyl sites for hydroxylation is 1. The number of rotatable bonds is 6. The third kappa shape index (κ3) is 5.23. The van der Waals surface area contributed by atoms with E-state index >= 15 is 0 Å². The van der Waals surface area contributed by atoms with E-state index in [4.69, 9.17) is 4.74 Å². The molecule has 0 unspecified atom stereocenters. The van der Waals surface area contributed by atoms with Crippen LogP contribution in [0.3, 0.4) is 0 Å². The van der Waals surface area contributed by atoms with Gasteiger partial charge in [0.05, 0.1) is 25.1 Å². The van der Waals surface area contributed by atoms with Crippen molar-refractivity contribution in [3.05, 3.63) is 83.4 Å². The Morgan fingerprint density at radius 2 is 1.75 bits per heavy atom. The van der Waals surface area contributed by atoms with E-state index in [9.17, 15) is 9.59 Å². The zero-order valence-electron chi connectivity index (χ0n) is 18.1. The summed E-state index contributed by atoms with van der Waals surface area (Å²) < 4.78 is 5.15. The van der Waals surface area contributed by atoms with Gasteiger partial charge in [-0.3, -0.25) is 4.79 Å². The summed E-state index contributed by atoms with van der Waals surface area (Å²) in [5, 5.41) is 5.72. The van der Waals surface area contributed by atoms with Crippen LogP contribution in [0.15, 0.2) is 71.6 Å². The number of nitrogens with one attached hydrogen (secondary N) is 2. The average Bonchev–Trinajstić information content (AvgIpc) is 2.81. The van der Waals surface area contributed by atoms with Crippen LogP contribution in [-0.2, 0) is 17.9 Å². The van der Waals surface area contributed by atoms with Gasteiger partial charge in [0.25, 0.3) is 0 Å². The van der Waals surface area contributed by atoms with Crippen LogP contribution in [0.2, 0.25) is 0 Å². The third-order valence-corrected chi connectivity index (χ3v) is 6.28. The molecule has 0 radical (unpaired) electrons. The van der Waals surface area contributed by atoms with E-state index in [1.54, 1.807) is 12.0 Å². The summed E-state index contributed by atoms with van der Waals surface area (Å²) in [6, 6.07) is 21.1. The number of fused-ring (bicyclic) bond motifs is 1. The Kier molecular flexibility index (Phi) is 6.66. The molecule has 1 aliphatic rings. The van der Waals surface area contributed by atoms with E-state index in [1.165, 1.54) is 17.3 Å². The minimum atomic E-state index is -0.305. The number of carbonyl (C=O) groups is 2. The Hall–Kier alpha value is -3.45. The zero-order chi connectivity index (χ0) is 22.5. The van der Waals surface area contributed by atoms with Crippen molar-refractivity contribution in [1.29, 1.82) is 0 Å². The molecule has 3 amide bonds. The lowest BCUT2D eigenvalue weighted by atomic mass is 10.1. The minimum absolute atomic E-state index is 0.0594. The second-order valence-corrected chi connectivity index (χ2v) is 8.61. The van der Waals surface area contributed by atoms with Crippen molar-refractivity contribution in [2.75, 3.05) is 23.1 Å². The molecule has 0 fully saturated rings. The second kappa shape index (κ2) is 9.78. The van der Waals surface area contributed by atoms with E-state index in [2.05, 4.69) is 10.6 Å². The van der Waals surface area contributed by atoms with Crippen molar-refractivity contribution in [2.45, 2.75) is 24.9 Å². The Bertz CT molecular complexity index is 1110. The van der Waals surface area contributed by atoms with Crippen LogP contribution in [0.25, 0.3) is 0 Å². The molecule has 4 rings (SSSR count). The summed E-state index contributed by atoms with van der Waals surface area (Å²) in [6.07, 6.45) is 0. The molecule has 6 nitrogen and oxygen atoms in total. The second-order valence-electron chi connectivity index (χ2n) is 7.59. The number of nitrogens with zero attached hydrogens (tertiary/aromatic N) is 1. The van der Waals surface area contributed by atoms with Gasteiger partial charge in [-0.2, -0.15) is 0 Å². The quantitative estimate of drug-likeness (QED) is 0.560. The summed E-state index contributed by atoms with van der Waals surface area (Å²) in [5.41, 5.74) is 4.68. The van der Waals surface area contributed by atoms with Gasteiger partial charge in [0.15, 0.2) is 0 Å². The Labute approximate surface area is 192 Å². The molecule has 164 valence electrons. The van der Waals surface area contributed by atoms with E-state index < -0.39 is 0 Å². The van der Waals surface area contributed by atoms with E-state index in [-0.39, 0.29) is 11.9 Å². The fraction of sp³-hybridized carbons (Fsp3) is 0.200. The molecular weight excluding hydrogens is 422 g/mol. The first-order chi connectivity index (χ1) is 15.5. The first-order valence-corrected chi connectivity index (χ1v) is 11.3. The summed E-state index contributed by atoms with van der Waals surface area (Å²) >= 11 is 1.52. The van der Waals surface area contributed by atoms with Crippen LogP contribution in [0.5, 0.6) is 5.75 Å². The average molecular weight is 448 g/mol. The standard InChI is InChI=1S/C25H25N3O3S/c1-17-3-5-19(6-4-17)15-28-22-13-20(9-12-23(22)32-16-24(28)29)27-25(30)26-14-18-7-10-21(31-2)11-8-18/h3-13H,14-16H2,1-2H3,(H2,26,27,30). The monoisotopic (exact) mass is 447 g/mol. The highest BCUT2D eigenvalue weighted by Gasteiger charge is 2.25. The first kappa shape index (κ1) is 21.8. The largest absolute Gasteiger partial charge is 0.497 e. The molecule has 0 saturated carbocycles. The fourth-order valence-corrected chi connectivity index (χ4v) is 4.35. The molecule has 0 aliphatic carbocycles. The lowest BCUT2D eigenvalue weighted by Crippen LogP contribution is -2.35. The molecule has 0 spiro atoms. The zero-order valence-corrected chi connectivity index (χ0v) is 18.9. The number of amides is 3. The van der Waals surface area contributed by atoms with Gasteiger partial charge >= 0.3 is 6.03 Å². The first-order valence-electron chi connectivity index (χ1n) is 10.3. The maximum absolute atomic E-state index is 12.7. The maximum atomic E-state index is 12.7. The van der Waals surface area contributed by atoms with Gasteiger partial charge < -0.3 is 20.3 Å². The van der Waals surface area contributed by atoms with Gasteiger partial charge in [0, 0.05) is 17.1 Å². The minimum Gasteiger partial charge on any atom is -0.497 e. The molecule has 0 saturated heterocycles. The Balaban J connectivity index is 1.44. The Morgan fingerprint density at radius 3 is 2.47 bits per heavy atom. The molecule has 0 atom stereocenters. The molecular formula is C25H25N3O3S. The summed E-state index contributed by atoms with van der Waals surface area (Å²) in [4.78, 5) is 27.9. The molecule has 1 heterocycles. The highest BCUT2D eigenvalue weighted by molar-refractivity contribution is 8.00. The van der Waals surface area contributed by atoms with Gasteiger partial charge in [-0.1, -0.05) is 42.0 Å². The normalized spacial score (nSPS) is 12.8. The van der Waals surface area contributed by atoms with Crippen LogP contribution in [0, 0.1) is 6.92 Å². The van der Waals surface area contributed by atoms with Gasteiger partial charge in [-0.15, -0.1) is 11.8 Å². The number of ether oxygens (including phenoxy) is 1. The number of urea groups is 1. The highest BCUT2D eigenvalue weighted by Crippen LogP contribution is 2.38. The smallest absolute Gasteiger partial charge is 0.319 e. The molecule has 3 aromatic rings. The van der Waals surface area contributed by atoms with Crippen molar-refractivity contribution in [3.8, 4) is 5.75 Å². The lowest BCUT2D eigenvalue weighted by Gasteiger charge is -2.29. The summed E-state index contributed by atoms with van der Waals surface area (Å²) in [6.45, 7) is 2.94. The molecule has 1 aliphatic heterocycles. The third-order valence-electron chi connectivity index (χ3n) is 5.23. The molecule has 3 aromatic carbocycles. The maximum Gasteiger partial charge on any atom is 0.319 e. The SMILES string of the molecule is COc1ccc(CNC(=O)Nc2ccc3c(c2)N(Cc2ccc(C)cc2)C(=O)CS3)cc1. The van der Waals surface area contributed by atoms with Crippen molar-refractivity contribution < 1.29 is 14.3 Å². The number of anilines is 2. The molecule has 2 N–H and O–H groups in total. The molecule has 7 heteroatoms. The van der Waals surface area contributed by atoms with Crippen molar-refractivity contribution in [2.24, 2.45) is 0 Å². The highest BCUT2D eigenvalue weighted by atomic mass is 32.2. The van der Waals surface area contributed by atoms with Crippen LogP contribution in [0.1, 0.15) is 16.7 Å². The predicted molar refractivity (Wildman–Crippen MR) is 128 cm³/mol. The van der Waals surface area contributed by atoms with E-state index in [0.717, 1.165) is 27.5 Å². The predicted octanol–water partition coefficient (Wildman–Crippen LogP) is 4.96. The van der Waals surface area contributed by atoms with Crippen LogP contribution < -0.4 is 20.3 Å². The topological polar surface area (TPSA) is 70.7 Å². The van der Waals surface area contributed by atoms with Crippen LogP contribution in [-0.4, -0.2) is 24.8 Å². The number of carbonyl (C=O) groups excluding carboxylic acids is 2. The molecule has 0 bridgehead atoms. The number of hydrogen-bond donors (Lipinski definition) is 2. The number of methoxy groups -OCH3 is 1. The van der Waals surface area contributed by atoms with Crippen molar-refractivity contribution in [3.63, 3.8) is 0 Å². The van der Waals surface area contributed by atoms with Crippen LogP contribution >= 0.6 is 11.8 Å². The number of thioether (sulfide) groups is 1. The summed E-state index contributed by atoms with van der Waals surface area (Å²) in [5.74, 6) is 1.24. The van der Waals surface area contributed by atoms with Crippen molar-refractivity contribution in [1.82, 2.24) is 5.32 Å². The van der Waals surface area contributed by atoms with Crippen molar-refractivity contribution >= 4 is 35.1 Å². The Morgan fingerprint density at radius 1 is 1.03 bits per heavy atom. The summed E-state index contributed by atoms with van der Waals surface area (Å²) in [7, 11) is 1.62. The van der Waals surface area contributed by atoms with Gasteiger partial charge in [0.1, 0.15) is 5.75 Å². The number of hydrogen-bond acceptors (Lipinski definition) is 4. The van der Waals surface area contributed by atoms with E-state index in [1.807, 2.05) is 73.7 Å². The van der Waals surface area contributed by atoms with Crippen LogP contribution in [0.4, 0.5) is 16.2 Å². The van der Waals surface area contributed by atoms with Gasteiger partial charge in [0.2, 0.25) is 5.91 Å². The van der Waals surface area contributed by atoms with Gasteiger partial charge in [-0.25, -0.2) is 4.79 Å². The fourth-order valence-electron chi connectivity index (χ4n) is 3.43. The molecule has 0 aromatic heterocycles. The molecule has 32 heavy (non-hydrogen) atoms. The van der Waals surface area contributed by atoms with Gasteiger partial charge in [-0.05, 0) is 48.4 Å².